The minimum atomic E-state index is -4.75. The molecule has 8 heteroatoms. The Morgan fingerprint density at radius 2 is 1.67 bits per heavy atom. The molecule has 0 aromatic heterocycles. The van der Waals surface area contributed by atoms with Crippen molar-refractivity contribution >= 4 is 5.69 Å². The second-order valence-electron chi connectivity index (χ2n) is 3.55. The highest BCUT2D eigenvalue weighted by Crippen LogP contribution is 2.36. The summed E-state index contributed by atoms with van der Waals surface area (Å²) in [4.78, 5) is 0. The van der Waals surface area contributed by atoms with Gasteiger partial charge in [-0.3, -0.25) is 0 Å². The number of hydrogen-bond donors (Lipinski definition) is 1. The van der Waals surface area contributed by atoms with Crippen LogP contribution in [0.3, 0.4) is 0 Å². The van der Waals surface area contributed by atoms with Gasteiger partial charge in [0.25, 0.3) is 0 Å². The normalized spacial score (nSPS) is 14.4. The van der Waals surface area contributed by atoms with Crippen molar-refractivity contribution < 1.29 is 31.1 Å². The van der Waals surface area contributed by atoms with E-state index in [0.717, 1.165) is 12.1 Å². The number of halogens is 6. The molecular formula is C10H9F6NO. The van der Waals surface area contributed by atoms with Crippen molar-refractivity contribution in [1.82, 2.24) is 0 Å². The van der Waals surface area contributed by atoms with Gasteiger partial charge in [0.2, 0.25) is 0 Å². The maximum atomic E-state index is 12.4. The van der Waals surface area contributed by atoms with Crippen LogP contribution in [0.1, 0.15) is 12.5 Å². The van der Waals surface area contributed by atoms with Crippen LogP contribution < -0.4 is 10.5 Å². The van der Waals surface area contributed by atoms with Crippen LogP contribution in [0.2, 0.25) is 0 Å². The maximum absolute atomic E-state index is 12.4. The second-order valence-corrected chi connectivity index (χ2v) is 3.55. The fourth-order valence-electron chi connectivity index (χ4n) is 1.13. The first-order chi connectivity index (χ1) is 8.01. The SMILES string of the molecule is CC(Oc1ccc(N)c(C(F)(F)F)c1)C(F)(F)F. The fraction of sp³-hybridized carbons (Fsp3) is 0.400. The molecule has 2 nitrogen and oxygen atoms in total. The Bertz CT molecular complexity index is 425. The molecule has 0 saturated carbocycles. The van der Waals surface area contributed by atoms with Crippen molar-refractivity contribution in [3.05, 3.63) is 23.8 Å². The molecule has 0 saturated heterocycles. The average Bonchev–Trinajstić information content (AvgIpc) is 2.17. The number of rotatable bonds is 2. The van der Waals surface area contributed by atoms with Gasteiger partial charge in [-0.05, 0) is 25.1 Å². The van der Waals surface area contributed by atoms with E-state index in [4.69, 9.17) is 5.73 Å². The smallest absolute Gasteiger partial charge is 0.425 e. The van der Waals surface area contributed by atoms with E-state index in [1.165, 1.54) is 0 Å². The van der Waals surface area contributed by atoms with Crippen molar-refractivity contribution in [2.24, 2.45) is 0 Å². The molecule has 0 heterocycles. The molecule has 0 bridgehead atoms. The molecule has 1 aromatic carbocycles. The van der Waals surface area contributed by atoms with E-state index in [-0.39, 0.29) is 0 Å². The average molecular weight is 273 g/mol. The van der Waals surface area contributed by atoms with Crippen molar-refractivity contribution in [2.75, 3.05) is 5.73 Å². The Labute approximate surface area is 98.3 Å². The lowest BCUT2D eigenvalue weighted by atomic mass is 10.1. The van der Waals surface area contributed by atoms with Crippen LogP contribution >= 0.6 is 0 Å². The quantitative estimate of drug-likeness (QED) is 0.659. The molecule has 0 aliphatic rings. The van der Waals surface area contributed by atoms with Crippen molar-refractivity contribution in [1.29, 1.82) is 0 Å². The Morgan fingerprint density at radius 3 is 2.11 bits per heavy atom. The highest BCUT2D eigenvalue weighted by Gasteiger charge is 2.39. The van der Waals surface area contributed by atoms with Gasteiger partial charge in [0.05, 0.1) is 5.56 Å². The number of nitrogens with two attached hydrogens (primary N) is 1. The third-order valence-electron chi connectivity index (χ3n) is 2.10. The first kappa shape index (κ1) is 14.5. The van der Waals surface area contributed by atoms with Gasteiger partial charge in [0.1, 0.15) is 5.75 Å². The minimum Gasteiger partial charge on any atom is -0.481 e. The summed E-state index contributed by atoms with van der Waals surface area (Å²) in [7, 11) is 0. The Kier molecular flexibility index (Phi) is 3.68. The zero-order valence-corrected chi connectivity index (χ0v) is 9.06. The predicted molar refractivity (Wildman–Crippen MR) is 52.0 cm³/mol. The predicted octanol–water partition coefficient (Wildman–Crippen LogP) is 3.62. The first-order valence-corrected chi connectivity index (χ1v) is 4.72. The summed E-state index contributed by atoms with van der Waals surface area (Å²) < 4.78 is 78.2. The van der Waals surface area contributed by atoms with Gasteiger partial charge in [-0.25, -0.2) is 0 Å². The summed E-state index contributed by atoms with van der Waals surface area (Å²) in [6.07, 6.45) is -11.6. The Hall–Kier alpha value is -1.60. The molecule has 0 fully saturated rings. The van der Waals surface area contributed by atoms with E-state index in [9.17, 15) is 26.3 Å². The van der Waals surface area contributed by atoms with E-state index >= 15 is 0 Å². The fourth-order valence-corrected chi connectivity index (χ4v) is 1.13. The van der Waals surface area contributed by atoms with E-state index in [2.05, 4.69) is 4.74 Å². The van der Waals surface area contributed by atoms with Crippen molar-refractivity contribution in [2.45, 2.75) is 25.4 Å². The highest BCUT2D eigenvalue weighted by atomic mass is 19.4. The number of hydrogen-bond acceptors (Lipinski definition) is 2. The van der Waals surface area contributed by atoms with Gasteiger partial charge in [-0.1, -0.05) is 0 Å². The monoisotopic (exact) mass is 273 g/mol. The number of nitrogen functional groups attached to an aromatic ring is 1. The van der Waals surface area contributed by atoms with Gasteiger partial charge >= 0.3 is 12.4 Å². The molecule has 0 aliphatic carbocycles. The summed E-state index contributed by atoms with van der Waals surface area (Å²) in [5.41, 5.74) is 3.29. The van der Waals surface area contributed by atoms with Gasteiger partial charge in [-0.15, -0.1) is 0 Å². The van der Waals surface area contributed by atoms with Gasteiger partial charge in [-0.2, -0.15) is 26.3 Å². The summed E-state index contributed by atoms with van der Waals surface area (Å²) in [5.74, 6) is -0.540. The molecule has 1 unspecified atom stereocenters. The lowest BCUT2D eigenvalue weighted by Crippen LogP contribution is -2.31. The van der Waals surface area contributed by atoms with Crippen LogP contribution in [-0.4, -0.2) is 12.3 Å². The Morgan fingerprint density at radius 1 is 1.11 bits per heavy atom. The molecule has 18 heavy (non-hydrogen) atoms. The molecule has 2 N–H and O–H groups in total. The summed E-state index contributed by atoms with van der Waals surface area (Å²) in [6.45, 7) is 0.698. The number of alkyl halides is 6. The molecule has 102 valence electrons. The molecular weight excluding hydrogens is 264 g/mol. The summed E-state index contributed by atoms with van der Waals surface area (Å²) >= 11 is 0. The summed E-state index contributed by atoms with van der Waals surface area (Å²) in [5, 5.41) is 0. The molecule has 1 rings (SSSR count). The third kappa shape index (κ3) is 3.44. The van der Waals surface area contributed by atoms with Crippen LogP contribution in [0.15, 0.2) is 18.2 Å². The minimum absolute atomic E-state index is 0.442. The molecule has 1 atom stereocenters. The first-order valence-electron chi connectivity index (χ1n) is 4.72. The maximum Gasteiger partial charge on any atom is 0.425 e. The number of ether oxygens (including phenoxy) is 1. The van der Waals surface area contributed by atoms with E-state index in [1.807, 2.05) is 0 Å². The molecule has 0 spiro atoms. The Balaban J connectivity index is 3.00. The van der Waals surface area contributed by atoms with Gasteiger partial charge in [0, 0.05) is 5.69 Å². The van der Waals surface area contributed by atoms with Crippen LogP contribution in [0.5, 0.6) is 5.75 Å². The topological polar surface area (TPSA) is 35.2 Å². The standard InChI is InChI=1S/C10H9F6NO/c1-5(9(11,12)13)18-6-2-3-8(17)7(4-6)10(14,15)16/h2-5H,17H2,1H3. The van der Waals surface area contributed by atoms with Gasteiger partial charge < -0.3 is 10.5 Å². The third-order valence-corrected chi connectivity index (χ3v) is 2.10. The van der Waals surface area contributed by atoms with Crippen LogP contribution in [0.4, 0.5) is 32.0 Å². The highest BCUT2D eigenvalue weighted by molar-refractivity contribution is 5.52. The van der Waals surface area contributed by atoms with E-state index in [0.29, 0.717) is 13.0 Å². The molecule has 1 aromatic rings. The lowest BCUT2D eigenvalue weighted by molar-refractivity contribution is -0.189. The van der Waals surface area contributed by atoms with E-state index < -0.39 is 35.5 Å². The van der Waals surface area contributed by atoms with E-state index in [1.54, 1.807) is 0 Å². The lowest BCUT2D eigenvalue weighted by Gasteiger charge is -2.19. The summed E-state index contributed by atoms with van der Waals surface area (Å²) in [6, 6.07) is 2.24. The molecule has 0 amide bonds. The van der Waals surface area contributed by atoms with Crippen LogP contribution in [0, 0.1) is 0 Å². The van der Waals surface area contributed by atoms with Crippen LogP contribution in [-0.2, 0) is 6.18 Å². The molecule has 0 radical (unpaired) electrons. The zero-order chi connectivity index (χ0) is 14.1. The largest absolute Gasteiger partial charge is 0.481 e. The number of benzene rings is 1. The zero-order valence-electron chi connectivity index (χ0n) is 9.06. The molecule has 0 aliphatic heterocycles. The van der Waals surface area contributed by atoms with Crippen molar-refractivity contribution in [3.63, 3.8) is 0 Å². The van der Waals surface area contributed by atoms with Gasteiger partial charge in [0.15, 0.2) is 6.10 Å². The second kappa shape index (κ2) is 4.58. The number of anilines is 1. The van der Waals surface area contributed by atoms with Crippen molar-refractivity contribution in [3.8, 4) is 5.75 Å². The van der Waals surface area contributed by atoms with Crippen LogP contribution in [0.25, 0.3) is 0 Å².